The lowest BCUT2D eigenvalue weighted by atomic mass is 9.99. The number of carboxylic acid groups (broad SMARTS) is 1. The number of carbonyl (C=O) groups is 3. The average molecular weight is 349 g/mol. The van der Waals surface area contributed by atoms with E-state index in [0.717, 1.165) is 0 Å². The second-order valence-corrected chi connectivity index (χ2v) is 5.82. The largest absolute Gasteiger partial charge is 0.484 e. The van der Waals surface area contributed by atoms with Crippen molar-refractivity contribution in [2.75, 3.05) is 31.6 Å². The summed E-state index contributed by atoms with van der Waals surface area (Å²) in [5, 5.41) is 14.5. The number of carbonyl (C=O) groups excluding carboxylic acids is 2. The number of carboxylic acids is 1. The van der Waals surface area contributed by atoms with E-state index in [1.54, 1.807) is 24.3 Å². The van der Waals surface area contributed by atoms with Crippen LogP contribution in [0.25, 0.3) is 0 Å². The summed E-state index contributed by atoms with van der Waals surface area (Å²) >= 11 is 0. The molecule has 136 valence electrons. The lowest BCUT2D eigenvalue weighted by Gasteiger charge is -2.30. The zero-order valence-corrected chi connectivity index (χ0v) is 14.2. The first kappa shape index (κ1) is 18.6. The Hall–Kier alpha value is -2.77. The van der Waals surface area contributed by atoms with Crippen LogP contribution in [-0.4, -0.2) is 54.2 Å². The van der Waals surface area contributed by atoms with Crippen LogP contribution in [0.1, 0.15) is 19.8 Å². The zero-order valence-electron chi connectivity index (χ0n) is 14.2. The van der Waals surface area contributed by atoms with Gasteiger partial charge in [-0.3, -0.25) is 9.59 Å². The van der Waals surface area contributed by atoms with Crippen LogP contribution in [0.3, 0.4) is 0 Å². The summed E-state index contributed by atoms with van der Waals surface area (Å²) in [5.74, 6) is -1.05. The van der Waals surface area contributed by atoms with Gasteiger partial charge >= 0.3 is 12.0 Å². The van der Waals surface area contributed by atoms with E-state index in [4.69, 9.17) is 9.84 Å². The van der Waals surface area contributed by atoms with Gasteiger partial charge in [-0.25, -0.2) is 4.79 Å². The van der Waals surface area contributed by atoms with Gasteiger partial charge in [0.25, 0.3) is 5.91 Å². The molecule has 1 atom stereocenters. The standard InChI is InChI=1S/C17H23N3O5/c1-2-18-15(21)11-25-14-7-5-13(6-8-14)19-17(24)20-9-3-4-12(10-20)16(22)23/h5-8,12H,2-4,9-11H2,1H3,(H,18,21)(H,19,24)(H,22,23). The van der Waals surface area contributed by atoms with Crippen LogP contribution in [-0.2, 0) is 9.59 Å². The Bertz CT molecular complexity index is 617. The molecule has 0 radical (unpaired) electrons. The van der Waals surface area contributed by atoms with Crippen molar-refractivity contribution >= 4 is 23.6 Å². The first-order valence-corrected chi connectivity index (χ1v) is 8.28. The zero-order chi connectivity index (χ0) is 18.2. The molecule has 1 aliphatic rings. The number of hydrogen-bond acceptors (Lipinski definition) is 4. The number of likely N-dealkylation sites (tertiary alicyclic amines) is 1. The minimum Gasteiger partial charge on any atom is -0.484 e. The molecule has 3 amide bonds. The quantitative estimate of drug-likeness (QED) is 0.722. The van der Waals surface area contributed by atoms with Crippen molar-refractivity contribution in [2.24, 2.45) is 5.92 Å². The Labute approximate surface area is 146 Å². The molecule has 0 aromatic heterocycles. The van der Waals surface area contributed by atoms with Gasteiger partial charge in [0.15, 0.2) is 6.61 Å². The van der Waals surface area contributed by atoms with Crippen LogP contribution in [0.5, 0.6) is 5.75 Å². The summed E-state index contributed by atoms with van der Waals surface area (Å²) in [5.41, 5.74) is 0.577. The van der Waals surface area contributed by atoms with Crippen molar-refractivity contribution in [3.8, 4) is 5.75 Å². The summed E-state index contributed by atoms with van der Waals surface area (Å²) < 4.78 is 5.34. The van der Waals surface area contributed by atoms with E-state index in [9.17, 15) is 14.4 Å². The van der Waals surface area contributed by atoms with Crippen LogP contribution < -0.4 is 15.4 Å². The highest BCUT2D eigenvalue weighted by molar-refractivity contribution is 5.89. The fourth-order valence-corrected chi connectivity index (χ4v) is 2.60. The Balaban J connectivity index is 1.84. The second kappa shape index (κ2) is 8.91. The van der Waals surface area contributed by atoms with Crippen LogP contribution in [0.15, 0.2) is 24.3 Å². The van der Waals surface area contributed by atoms with Gasteiger partial charge in [0.1, 0.15) is 5.75 Å². The van der Waals surface area contributed by atoms with Gasteiger partial charge in [-0.1, -0.05) is 0 Å². The Morgan fingerprint density at radius 2 is 2.00 bits per heavy atom. The minimum absolute atomic E-state index is 0.0656. The molecule has 0 saturated carbocycles. The van der Waals surface area contributed by atoms with Gasteiger partial charge in [-0.05, 0) is 44.0 Å². The number of nitrogens with zero attached hydrogens (tertiary/aromatic N) is 1. The third-order valence-electron chi connectivity index (χ3n) is 3.91. The summed E-state index contributed by atoms with van der Waals surface area (Å²) in [6.45, 7) is 3.07. The number of anilines is 1. The Kier molecular flexibility index (Phi) is 6.62. The number of rotatable bonds is 6. The topological polar surface area (TPSA) is 108 Å². The normalized spacial score (nSPS) is 16.8. The third-order valence-corrected chi connectivity index (χ3v) is 3.91. The molecule has 1 saturated heterocycles. The summed E-state index contributed by atoms with van der Waals surface area (Å²) in [7, 11) is 0. The molecule has 1 unspecified atom stereocenters. The molecule has 8 heteroatoms. The molecule has 2 rings (SSSR count). The number of hydrogen-bond donors (Lipinski definition) is 3. The monoisotopic (exact) mass is 349 g/mol. The molecule has 1 aromatic rings. The highest BCUT2D eigenvalue weighted by atomic mass is 16.5. The molecule has 8 nitrogen and oxygen atoms in total. The first-order valence-electron chi connectivity index (χ1n) is 8.28. The van der Waals surface area contributed by atoms with Gasteiger partial charge in [-0.15, -0.1) is 0 Å². The van der Waals surface area contributed by atoms with Crippen LogP contribution >= 0.6 is 0 Å². The van der Waals surface area contributed by atoms with Crippen molar-refractivity contribution in [3.05, 3.63) is 24.3 Å². The van der Waals surface area contributed by atoms with Gasteiger partial charge in [0.2, 0.25) is 0 Å². The van der Waals surface area contributed by atoms with E-state index < -0.39 is 11.9 Å². The van der Waals surface area contributed by atoms with E-state index in [1.165, 1.54) is 4.90 Å². The average Bonchev–Trinajstić information content (AvgIpc) is 2.61. The predicted molar refractivity (Wildman–Crippen MR) is 91.6 cm³/mol. The molecule has 0 spiro atoms. The highest BCUT2D eigenvalue weighted by Gasteiger charge is 2.28. The molecule has 0 aliphatic carbocycles. The SMILES string of the molecule is CCNC(=O)COc1ccc(NC(=O)N2CCCC(C(=O)O)C2)cc1. The highest BCUT2D eigenvalue weighted by Crippen LogP contribution is 2.19. The number of urea groups is 1. The number of benzene rings is 1. The molecule has 1 aliphatic heterocycles. The smallest absolute Gasteiger partial charge is 0.321 e. The van der Waals surface area contributed by atoms with E-state index in [0.29, 0.717) is 37.4 Å². The lowest BCUT2D eigenvalue weighted by Crippen LogP contribution is -2.44. The number of ether oxygens (including phenoxy) is 1. The number of amides is 3. The lowest BCUT2D eigenvalue weighted by molar-refractivity contribution is -0.143. The second-order valence-electron chi connectivity index (χ2n) is 5.82. The third kappa shape index (κ3) is 5.66. The Morgan fingerprint density at radius 1 is 1.28 bits per heavy atom. The van der Waals surface area contributed by atoms with Crippen LogP contribution in [0, 0.1) is 5.92 Å². The molecule has 1 fully saturated rings. The van der Waals surface area contributed by atoms with Crippen molar-refractivity contribution in [1.29, 1.82) is 0 Å². The maximum absolute atomic E-state index is 12.2. The molecular weight excluding hydrogens is 326 g/mol. The van der Waals surface area contributed by atoms with Gasteiger partial charge in [-0.2, -0.15) is 0 Å². The van der Waals surface area contributed by atoms with Crippen LogP contribution in [0.2, 0.25) is 0 Å². The van der Waals surface area contributed by atoms with Gasteiger partial charge in [0, 0.05) is 25.3 Å². The van der Waals surface area contributed by atoms with Crippen molar-refractivity contribution in [2.45, 2.75) is 19.8 Å². The first-order chi connectivity index (χ1) is 12.0. The summed E-state index contributed by atoms with van der Waals surface area (Å²) in [6, 6.07) is 6.34. The predicted octanol–water partition coefficient (Wildman–Crippen LogP) is 1.53. The molecule has 25 heavy (non-hydrogen) atoms. The molecule has 1 aromatic carbocycles. The fourth-order valence-electron chi connectivity index (χ4n) is 2.60. The number of nitrogens with one attached hydrogen (secondary N) is 2. The summed E-state index contributed by atoms with van der Waals surface area (Å²) in [4.78, 5) is 36.2. The fraction of sp³-hybridized carbons (Fsp3) is 0.471. The maximum atomic E-state index is 12.2. The van der Waals surface area contributed by atoms with Gasteiger partial charge < -0.3 is 25.4 Å². The molecular formula is C17H23N3O5. The number of piperidine rings is 1. The van der Waals surface area contributed by atoms with E-state index >= 15 is 0 Å². The van der Waals surface area contributed by atoms with Crippen molar-refractivity contribution in [1.82, 2.24) is 10.2 Å². The van der Waals surface area contributed by atoms with E-state index in [2.05, 4.69) is 10.6 Å². The minimum atomic E-state index is -0.869. The maximum Gasteiger partial charge on any atom is 0.321 e. The molecule has 1 heterocycles. The Morgan fingerprint density at radius 3 is 2.64 bits per heavy atom. The molecule has 0 bridgehead atoms. The summed E-state index contributed by atoms with van der Waals surface area (Å²) in [6.07, 6.45) is 1.27. The van der Waals surface area contributed by atoms with E-state index in [-0.39, 0.29) is 25.1 Å². The van der Waals surface area contributed by atoms with E-state index in [1.807, 2.05) is 6.92 Å². The number of aliphatic carboxylic acids is 1. The van der Waals surface area contributed by atoms with Crippen molar-refractivity contribution in [3.63, 3.8) is 0 Å². The van der Waals surface area contributed by atoms with Gasteiger partial charge in [0.05, 0.1) is 5.92 Å². The van der Waals surface area contributed by atoms with Crippen LogP contribution in [0.4, 0.5) is 10.5 Å². The molecule has 3 N–H and O–H groups in total. The number of likely N-dealkylation sites (N-methyl/N-ethyl adjacent to an activating group) is 1. The van der Waals surface area contributed by atoms with Crippen molar-refractivity contribution < 1.29 is 24.2 Å².